The van der Waals surface area contributed by atoms with Crippen LogP contribution >= 0.6 is 0 Å². The predicted molar refractivity (Wildman–Crippen MR) is 66.9 cm³/mol. The molecule has 0 unspecified atom stereocenters. The third-order valence-corrected chi connectivity index (χ3v) is 2.83. The molecule has 6 heteroatoms. The molecule has 0 aliphatic rings. The maximum Gasteiger partial charge on any atom is 0.177 e. The van der Waals surface area contributed by atoms with Crippen LogP contribution in [-0.2, 0) is 0 Å². The van der Waals surface area contributed by atoms with E-state index in [0.717, 1.165) is 0 Å². The lowest BCUT2D eigenvalue weighted by Gasteiger charge is -2.07. The summed E-state index contributed by atoms with van der Waals surface area (Å²) in [5, 5.41) is 36.2. The lowest BCUT2D eigenvalue weighted by Crippen LogP contribution is -2.00. The number of aromatic nitrogens is 3. The van der Waals surface area contributed by atoms with E-state index in [0.29, 0.717) is 16.7 Å². The zero-order valence-electron chi connectivity index (χ0n) is 9.65. The summed E-state index contributed by atoms with van der Waals surface area (Å²) in [6.07, 6.45) is 0. The van der Waals surface area contributed by atoms with Crippen molar-refractivity contribution in [2.75, 3.05) is 0 Å². The molecule has 6 nitrogen and oxygen atoms in total. The van der Waals surface area contributed by atoms with Gasteiger partial charge in [-0.05, 0) is 24.3 Å². The number of nitrogens with zero attached hydrogens (tertiary/aromatic N) is 4. The molecule has 2 aromatic carbocycles. The minimum absolute atomic E-state index is 0.0457. The summed E-state index contributed by atoms with van der Waals surface area (Å²) >= 11 is 0. The molecule has 0 amide bonds. The topological polar surface area (TPSA) is 95.0 Å². The molecular formula is C13H8N4O2. The molecule has 19 heavy (non-hydrogen) atoms. The molecule has 0 aliphatic heterocycles. The summed E-state index contributed by atoms with van der Waals surface area (Å²) in [5.41, 5.74) is 1.71. The SMILES string of the molecule is N#Cc1c(-n2nnc3ccccc32)ccc(O)c1O. The van der Waals surface area contributed by atoms with Gasteiger partial charge in [-0.15, -0.1) is 5.10 Å². The number of nitriles is 1. The molecule has 0 saturated carbocycles. The summed E-state index contributed by atoms with van der Waals surface area (Å²) in [5.74, 6) is -0.802. The van der Waals surface area contributed by atoms with E-state index in [9.17, 15) is 10.2 Å². The number of aromatic hydroxyl groups is 2. The van der Waals surface area contributed by atoms with Crippen molar-refractivity contribution in [3.05, 3.63) is 42.0 Å². The van der Waals surface area contributed by atoms with Crippen LogP contribution < -0.4 is 0 Å². The molecular weight excluding hydrogens is 244 g/mol. The van der Waals surface area contributed by atoms with Crippen LogP contribution in [0.2, 0.25) is 0 Å². The number of benzene rings is 2. The molecule has 0 saturated heterocycles. The molecule has 92 valence electrons. The van der Waals surface area contributed by atoms with E-state index in [1.165, 1.54) is 16.8 Å². The summed E-state index contributed by atoms with van der Waals surface area (Å²) in [7, 11) is 0. The van der Waals surface area contributed by atoms with E-state index < -0.39 is 5.75 Å². The Kier molecular flexibility index (Phi) is 2.32. The Balaban J connectivity index is 2.34. The van der Waals surface area contributed by atoms with Gasteiger partial charge in [0.05, 0.1) is 11.2 Å². The fourth-order valence-corrected chi connectivity index (χ4v) is 1.90. The van der Waals surface area contributed by atoms with Crippen LogP contribution in [-0.4, -0.2) is 25.2 Å². The van der Waals surface area contributed by atoms with E-state index in [4.69, 9.17) is 5.26 Å². The van der Waals surface area contributed by atoms with Gasteiger partial charge in [-0.3, -0.25) is 0 Å². The van der Waals surface area contributed by atoms with E-state index in [1.54, 1.807) is 12.1 Å². The number of rotatable bonds is 1. The smallest absolute Gasteiger partial charge is 0.177 e. The largest absolute Gasteiger partial charge is 0.504 e. The first-order valence-corrected chi connectivity index (χ1v) is 5.48. The average molecular weight is 252 g/mol. The summed E-state index contributed by atoms with van der Waals surface area (Å²) in [4.78, 5) is 0. The van der Waals surface area contributed by atoms with Crippen molar-refractivity contribution in [2.24, 2.45) is 0 Å². The molecule has 1 aromatic heterocycles. The van der Waals surface area contributed by atoms with E-state index in [1.807, 2.05) is 18.2 Å². The Morgan fingerprint density at radius 1 is 1.11 bits per heavy atom. The van der Waals surface area contributed by atoms with Gasteiger partial charge in [-0.25, -0.2) is 4.68 Å². The van der Waals surface area contributed by atoms with Crippen LogP contribution in [0.25, 0.3) is 16.7 Å². The van der Waals surface area contributed by atoms with Crippen molar-refractivity contribution in [1.82, 2.24) is 15.0 Å². The van der Waals surface area contributed by atoms with Crippen LogP contribution in [0.4, 0.5) is 0 Å². The second-order valence-electron chi connectivity index (χ2n) is 3.93. The first kappa shape index (κ1) is 11.0. The maximum absolute atomic E-state index is 9.72. The number of fused-ring (bicyclic) bond motifs is 1. The van der Waals surface area contributed by atoms with Crippen molar-refractivity contribution in [2.45, 2.75) is 0 Å². The standard InChI is InChI=1S/C13H8N4O2/c14-7-8-10(5-6-12(18)13(8)19)17-11-4-2-1-3-9(11)15-16-17/h1-6,18-19H. The molecule has 0 radical (unpaired) electrons. The fourth-order valence-electron chi connectivity index (χ4n) is 1.90. The van der Waals surface area contributed by atoms with Gasteiger partial charge in [0.2, 0.25) is 0 Å². The van der Waals surface area contributed by atoms with Gasteiger partial charge in [-0.2, -0.15) is 5.26 Å². The number of phenolic OH excluding ortho intramolecular Hbond substituents is 2. The molecule has 0 atom stereocenters. The van der Waals surface area contributed by atoms with Gasteiger partial charge in [0.1, 0.15) is 17.1 Å². The lowest BCUT2D eigenvalue weighted by atomic mass is 10.1. The Bertz CT molecular complexity index is 817. The van der Waals surface area contributed by atoms with Gasteiger partial charge in [0.15, 0.2) is 11.5 Å². The van der Waals surface area contributed by atoms with Crippen molar-refractivity contribution in [3.8, 4) is 23.3 Å². The van der Waals surface area contributed by atoms with Crippen molar-refractivity contribution in [1.29, 1.82) is 5.26 Å². The Morgan fingerprint density at radius 2 is 1.89 bits per heavy atom. The Hall–Kier alpha value is -3.07. The Morgan fingerprint density at radius 3 is 2.68 bits per heavy atom. The zero-order chi connectivity index (χ0) is 13.4. The molecule has 3 aromatic rings. The summed E-state index contributed by atoms with van der Waals surface area (Å²) in [6, 6.07) is 11.9. The highest BCUT2D eigenvalue weighted by Crippen LogP contribution is 2.33. The number of hydrogen-bond acceptors (Lipinski definition) is 5. The van der Waals surface area contributed by atoms with Gasteiger partial charge in [0.25, 0.3) is 0 Å². The maximum atomic E-state index is 9.72. The molecule has 0 spiro atoms. The minimum atomic E-state index is -0.459. The molecule has 2 N–H and O–H groups in total. The van der Waals surface area contributed by atoms with Crippen LogP contribution in [0.1, 0.15) is 5.56 Å². The third kappa shape index (κ3) is 1.57. The second-order valence-corrected chi connectivity index (χ2v) is 3.93. The van der Waals surface area contributed by atoms with Gasteiger partial charge in [-0.1, -0.05) is 17.3 Å². The van der Waals surface area contributed by atoms with E-state index in [2.05, 4.69) is 10.3 Å². The van der Waals surface area contributed by atoms with Crippen molar-refractivity contribution >= 4 is 11.0 Å². The number of para-hydroxylation sites is 1. The monoisotopic (exact) mass is 252 g/mol. The molecule has 1 heterocycles. The Labute approximate surface area is 107 Å². The quantitative estimate of drug-likeness (QED) is 0.643. The predicted octanol–water partition coefficient (Wildman–Crippen LogP) is 1.70. The van der Waals surface area contributed by atoms with Crippen molar-refractivity contribution < 1.29 is 10.2 Å². The zero-order valence-corrected chi connectivity index (χ0v) is 9.65. The van der Waals surface area contributed by atoms with Crippen LogP contribution in [0, 0.1) is 11.3 Å². The average Bonchev–Trinajstić information content (AvgIpc) is 2.85. The van der Waals surface area contributed by atoms with Crippen LogP contribution in [0.3, 0.4) is 0 Å². The molecule has 3 rings (SSSR count). The lowest BCUT2D eigenvalue weighted by molar-refractivity contribution is 0.402. The van der Waals surface area contributed by atoms with E-state index >= 15 is 0 Å². The minimum Gasteiger partial charge on any atom is -0.504 e. The normalized spacial score (nSPS) is 10.5. The van der Waals surface area contributed by atoms with Gasteiger partial charge < -0.3 is 10.2 Å². The van der Waals surface area contributed by atoms with Gasteiger partial charge in [0, 0.05) is 0 Å². The second kappa shape index (κ2) is 3.99. The number of phenols is 2. The third-order valence-electron chi connectivity index (χ3n) is 2.83. The molecule has 0 aliphatic carbocycles. The molecule has 0 bridgehead atoms. The highest BCUT2D eigenvalue weighted by Gasteiger charge is 2.16. The van der Waals surface area contributed by atoms with E-state index in [-0.39, 0.29) is 11.3 Å². The summed E-state index contributed by atoms with van der Waals surface area (Å²) in [6.45, 7) is 0. The first-order chi connectivity index (χ1) is 9.22. The van der Waals surface area contributed by atoms with Crippen LogP contribution in [0.5, 0.6) is 11.5 Å². The first-order valence-electron chi connectivity index (χ1n) is 5.48. The molecule has 0 fully saturated rings. The fraction of sp³-hybridized carbons (Fsp3) is 0. The highest BCUT2D eigenvalue weighted by molar-refractivity contribution is 5.77. The highest BCUT2D eigenvalue weighted by atomic mass is 16.3. The number of hydrogen-bond donors (Lipinski definition) is 2. The van der Waals surface area contributed by atoms with Crippen molar-refractivity contribution in [3.63, 3.8) is 0 Å². The van der Waals surface area contributed by atoms with Crippen LogP contribution in [0.15, 0.2) is 36.4 Å². The van der Waals surface area contributed by atoms with Gasteiger partial charge >= 0.3 is 0 Å². The summed E-state index contributed by atoms with van der Waals surface area (Å²) < 4.78 is 1.45.